The number of benzene rings is 1. The van der Waals surface area contributed by atoms with Gasteiger partial charge in [-0.3, -0.25) is 10.00 Å². The molecule has 1 aromatic carbocycles. The van der Waals surface area contributed by atoms with Gasteiger partial charge in [0.1, 0.15) is 0 Å². The second kappa shape index (κ2) is 5.55. The third-order valence-electron chi connectivity index (χ3n) is 3.67. The van der Waals surface area contributed by atoms with Crippen molar-refractivity contribution in [3.8, 4) is 11.1 Å². The van der Waals surface area contributed by atoms with E-state index in [9.17, 15) is 0 Å². The molecule has 4 heteroatoms. The zero-order valence-electron chi connectivity index (χ0n) is 11.3. The van der Waals surface area contributed by atoms with Crippen molar-refractivity contribution in [1.82, 2.24) is 20.4 Å². The number of aryl methyl sites for hydroxylation is 1. The summed E-state index contributed by atoms with van der Waals surface area (Å²) in [5.74, 6) is 0. The summed E-state index contributed by atoms with van der Waals surface area (Å²) in [6, 6.07) is 10.5. The number of nitrogens with zero attached hydrogens (tertiary/aromatic N) is 2. The van der Waals surface area contributed by atoms with Crippen LogP contribution < -0.4 is 5.32 Å². The van der Waals surface area contributed by atoms with Crippen LogP contribution in [0.5, 0.6) is 0 Å². The SMILES string of the molecule is Cc1[nH]nc(CN2CCNCC2)c1-c1ccccc1. The van der Waals surface area contributed by atoms with Crippen molar-refractivity contribution in [2.45, 2.75) is 13.5 Å². The van der Waals surface area contributed by atoms with Crippen LogP contribution in [0.4, 0.5) is 0 Å². The third kappa shape index (κ3) is 2.69. The minimum absolute atomic E-state index is 0.927. The molecule has 1 aliphatic rings. The summed E-state index contributed by atoms with van der Waals surface area (Å²) in [6.45, 7) is 7.36. The number of piperazine rings is 1. The van der Waals surface area contributed by atoms with Crippen molar-refractivity contribution < 1.29 is 0 Å². The van der Waals surface area contributed by atoms with E-state index in [1.165, 1.54) is 11.1 Å². The van der Waals surface area contributed by atoms with E-state index in [1.807, 2.05) is 0 Å². The minimum atomic E-state index is 0.927. The van der Waals surface area contributed by atoms with Gasteiger partial charge < -0.3 is 5.32 Å². The molecule has 0 unspecified atom stereocenters. The quantitative estimate of drug-likeness (QED) is 0.880. The third-order valence-corrected chi connectivity index (χ3v) is 3.67. The summed E-state index contributed by atoms with van der Waals surface area (Å²) in [5.41, 5.74) is 4.82. The lowest BCUT2D eigenvalue weighted by atomic mass is 10.0. The van der Waals surface area contributed by atoms with Crippen molar-refractivity contribution in [3.63, 3.8) is 0 Å². The molecule has 1 aliphatic heterocycles. The van der Waals surface area contributed by atoms with E-state index in [2.05, 4.69) is 57.7 Å². The Morgan fingerprint density at radius 3 is 2.63 bits per heavy atom. The highest BCUT2D eigenvalue weighted by Crippen LogP contribution is 2.26. The van der Waals surface area contributed by atoms with Gasteiger partial charge in [-0.1, -0.05) is 30.3 Å². The number of nitrogens with one attached hydrogen (secondary N) is 2. The lowest BCUT2D eigenvalue weighted by molar-refractivity contribution is 0.231. The summed E-state index contributed by atoms with van der Waals surface area (Å²) < 4.78 is 0. The first kappa shape index (κ1) is 12.4. The Morgan fingerprint density at radius 1 is 1.16 bits per heavy atom. The second-order valence-corrected chi connectivity index (χ2v) is 5.06. The Bertz CT molecular complexity index is 526. The highest BCUT2D eigenvalue weighted by atomic mass is 15.2. The van der Waals surface area contributed by atoms with Gasteiger partial charge in [-0.25, -0.2) is 0 Å². The predicted octanol–water partition coefficient (Wildman–Crippen LogP) is 1.79. The first-order valence-corrected chi connectivity index (χ1v) is 6.87. The van der Waals surface area contributed by atoms with Crippen LogP contribution in [0.25, 0.3) is 11.1 Å². The maximum Gasteiger partial charge on any atom is 0.0843 e. The van der Waals surface area contributed by atoms with E-state index >= 15 is 0 Å². The molecule has 1 fully saturated rings. The average Bonchev–Trinajstić information content (AvgIpc) is 2.82. The van der Waals surface area contributed by atoms with E-state index in [1.54, 1.807) is 0 Å². The summed E-state index contributed by atoms with van der Waals surface area (Å²) in [6.07, 6.45) is 0. The zero-order chi connectivity index (χ0) is 13.1. The topological polar surface area (TPSA) is 44.0 Å². The van der Waals surface area contributed by atoms with Gasteiger partial charge in [0.05, 0.1) is 5.69 Å². The number of rotatable bonds is 3. The molecule has 2 aromatic rings. The van der Waals surface area contributed by atoms with Crippen LogP contribution in [0, 0.1) is 6.92 Å². The van der Waals surface area contributed by atoms with Gasteiger partial charge in [-0.2, -0.15) is 5.10 Å². The Morgan fingerprint density at radius 2 is 1.89 bits per heavy atom. The zero-order valence-corrected chi connectivity index (χ0v) is 11.3. The van der Waals surface area contributed by atoms with E-state index in [4.69, 9.17) is 0 Å². The van der Waals surface area contributed by atoms with Crippen molar-refractivity contribution in [2.24, 2.45) is 0 Å². The van der Waals surface area contributed by atoms with Crippen LogP contribution in [0.2, 0.25) is 0 Å². The van der Waals surface area contributed by atoms with Crippen LogP contribution >= 0.6 is 0 Å². The average molecular weight is 256 g/mol. The maximum atomic E-state index is 4.50. The first-order valence-electron chi connectivity index (χ1n) is 6.87. The fraction of sp³-hybridized carbons (Fsp3) is 0.400. The molecular weight excluding hydrogens is 236 g/mol. The second-order valence-electron chi connectivity index (χ2n) is 5.06. The number of hydrogen-bond acceptors (Lipinski definition) is 3. The fourth-order valence-corrected chi connectivity index (χ4v) is 2.66. The lowest BCUT2D eigenvalue weighted by Gasteiger charge is -2.26. The van der Waals surface area contributed by atoms with Gasteiger partial charge in [0.25, 0.3) is 0 Å². The van der Waals surface area contributed by atoms with Crippen molar-refractivity contribution in [2.75, 3.05) is 26.2 Å². The minimum Gasteiger partial charge on any atom is -0.314 e. The highest BCUT2D eigenvalue weighted by molar-refractivity contribution is 5.68. The van der Waals surface area contributed by atoms with Crippen LogP contribution in [-0.4, -0.2) is 41.3 Å². The standard InChI is InChI=1S/C15H20N4/c1-12-15(13-5-3-2-4-6-13)14(18-17-12)11-19-9-7-16-8-10-19/h2-6,16H,7-11H2,1H3,(H,17,18). The predicted molar refractivity (Wildman–Crippen MR) is 76.9 cm³/mol. The van der Waals surface area contributed by atoms with Crippen LogP contribution in [0.15, 0.2) is 30.3 Å². The van der Waals surface area contributed by atoms with Crippen LogP contribution in [0.3, 0.4) is 0 Å². The molecule has 0 spiro atoms. The molecule has 2 heterocycles. The fourth-order valence-electron chi connectivity index (χ4n) is 2.66. The number of aromatic nitrogens is 2. The van der Waals surface area contributed by atoms with E-state index in [0.717, 1.165) is 44.1 Å². The Labute approximate surface area is 113 Å². The molecule has 19 heavy (non-hydrogen) atoms. The lowest BCUT2D eigenvalue weighted by Crippen LogP contribution is -2.43. The normalized spacial score (nSPS) is 16.7. The van der Waals surface area contributed by atoms with Gasteiger partial charge in [0.2, 0.25) is 0 Å². The first-order chi connectivity index (χ1) is 9.34. The maximum absolute atomic E-state index is 4.50. The monoisotopic (exact) mass is 256 g/mol. The molecule has 1 aromatic heterocycles. The molecule has 100 valence electrons. The summed E-state index contributed by atoms with van der Waals surface area (Å²) >= 11 is 0. The molecule has 0 aliphatic carbocycles. The number of aromatic amines is 1. The van der Waals surface area contributed by atoms with Crippen molar-refractivity contribution in [3.05, 3.63) is 41.7 Å². The van der Waals surface area contributed by atoms with Gasteiger partial charge in [-0.05, 0) is 12.5 Å². The van der Waals surface area contributed by atoms with E-state index < -0.39 is 0 Å². The smallest absolute Gasteiger partial charge is 0.0843 e. The molecular formula is C15H20N4. The molecule has 1 saturated heterocycles. The molecule has 4 nitrogen and oxygen atoms in total. The van der Waals surface area contributed by atoms with Crippen molar-refractivity contribution >= 4 is 0 Å². The molecule has 0 atom stereocenters. The van der Waals surface area contributed by atoms with E-state index in [-0.39, 0.29) is 0 Å². The molecule has 3 rings (SSSR count). The van der Waals surface area contributed by atoms with E-state index in [0.29, 0.717) is 0 Å². The van der Waals surface area contributed by atoms with Crippen LogP contribution in [0.1, 0.15) is 11.4 Å². The van der Waals surface area contributed by atoms with Gasteiger partial charge in [0.15, 0.2) is 0 Å². The Hall–Kier alpha value is -1.65. The number of hydrogen-bond donors (Lipinski definition) is 2. The molecule has 0 radical (unpaired) electrons. The summed E-state index contributed by atoms with van der Waals surface area (Å²) in [5, 5.41) is 11.0. The van der Waals surface area contributed by atoms with Gasteiger partial charge >= 0.3 is 0 Å². The molecule has 0 saturated carbocycles. The number of H-pyrrole nitrogens is 1. The largest absolute Gasteiger partial charge is 0.314 e. The Kier molecular flexibility index (Phi) is 3.62. The van der Waals surface area contributed by atoms with Crippen molar-refractivity contribution in [1.29, 1.82) is 0 Å². The molecule has 0 amide bonds. The summed E-state index contributed by atoms with van der Waals surface area (Å²) in [7, 11) is 0. The van der Waals surface area contributed by atoms with Crippen LogP contribution in [-0.2, 0) is 6.54 Å². The van der Waals surface area contributed by atoms with Gasteiger partial charge in [0, 0.05) is 44.0 Å². The summed E-state index contributed by atoms with van der Waals surface area (Å²) in [4.78, 5) is 2.46. The Balaban J connectivity index is 1.86. The molecule has 0 bridgehead atoms. The molecule has 2 N–H and O–H groups in total. The highest BCUT2D eigenvalue weighted by Gasteiger charge is 2.16. The van der Waals surface area contributed by atoms with Gasteiger partial charge in [-0.15, -0.1) is 0 Å².